The fourth-order valence-corrected chi connectivity index (χ4v) is 3.15. The third kappa shape index (κ3) is 2.61. The number of hydrogen-bond acceptors (Lipinski definition) is 4. The third-order valence-electron chi connectivity index (χ3n) is 3.27. The van der Waals surface area contributed by atoms with Gasteiger partial charge in [-0.2, -0.15) is 0 Å². The van der Waals surface area contributed by atoms with Crippen LogP contribution in [0, 0.1) is 0 Å². The smallest absolute Gasteiger partial charge is 0.123 e. The Morgan fingerprint density at radius 3 is 2.89 bits per heavy atom. The van der Waals surface area contributed by atoms with Gasteiger partial charge in [0.15, 0.2) is 0 Å². The average Bonchev–Trinajstić information content (AvgIpc) is 3.01. The van der Waals surface area contributed by atoms with Gasteiger partial charge < -0.3 is 5.73 Å². The summed E-state index contributed by atoms with van der Waals surface area (Å²) < 4.78 is 0. The van der Waals surface area contributed by atoms with Crippen molar-refractivity contribution in [2.75, 3.05) is 13.1 Å². The molecular weight excluding hydrogens is 242 g/mol. The lowest BCUT2D eigenvalue weighted by atomic mass is 10.2. The Balaban J connectivity index is 1.70. The number of nitrogens with two attached hydrogens (primary N) is 1. The van der Waals surface area contributed by atoms with Crippen molar-refractivity contribution in [2.24, 2.45) is 5.73 Å². The molecule has 2 heterocycles. The van der Waals surface area contributed by atoms with Crippen molar-refractivity contribution in [3.8, 4) is 10.6 Å². The SMILES string of the molecule is N[C@H]1CCN(Cc2csc(-c3ccccc3)n2)C1. The maximum absolute atomic E-state index is 5.92. The van der Waals surface area contributed by atoms with E-state index in [1.807, 2.05) is 6.07 Å². The van der Waals surface area contributed by atoms with Gasteiger partial charge >= 0.3 is 0 Å². The van der Waals surface area contributed by atoms with Crippen LogP contribution < -0.4 is 5.73 Å². The normalized spacial score (nSPS) is 20.4. The van der Waals surface area contributed by atoms with E-state index in [2.05, 4.69) is 34.5 Å². The van der Waals surface area contributed by atoms with Crippen LogP contribution in [0.3, 0.4) is 0 Å². The zero-order chi connectivity index (χ0) is 12.4. The van der Waals surface area contributed by atoms with Gasteiger partial charge in [0.25, 0.3) is 0 Å². The highest BCUT2D eigenvalue weighted by Gasteiger charge is 2.19. The molecule has 1 saturated heterocycles. The molecule has 1 atom stereocenters. The lowest BCUT2D eigenvalue weighted by Gasteiger charge is -2.12. The molecule has 1 fully saturated rings. The first-order chi connectivity index (χ1) is 8.81. The molecule has 0 saturated carbocycles. The molecule has 1 aromatic carbocycles. The summed E-state index contributed by atoms with van der Waals surface area (Å²) in [5, 5.41) is 3.26. The molecule has 1 aliphatic rings. The third-order valence-corrected chi connectivity index (χ3v) is 4.21. The van der Waals surface area contributed by atoms with Gasteiger partial charge in [0.2, 0.25) is 0 Å². The Labute approximate surface area is 111 Å². The number of likely N-dealkylation sites (tertiary alicyclic amines) is 1. The molecule has 1 aliphatic heterocycles. The van der Waals surface area contributed by atoms with E-state index in [9.17, 15) is 0 Å². The quantitative estimate of drug-likeness (QED) is 0.920. The fourth-order valence-electron chi connectivity index (χ4n) is 2.33. The van der Waals surface area contributed by atoms with E-state index in [0.717, 1.165) is 36.8 Å². The Bertz CT molecular complexity index is 509. The largest absolute Gasteiger partial charge is 0.326 e. The molecule has 0 amide bonds. The predicted molar refractivity (Wildman–Crippen MR) is 75.4 cm³/mol. The molecule has 4 heteroatoms. The molecule has 0 unspecified atom stereocenters. The van der Waals surface area contributed by atoms with E-state index in [1.165, 1.54) is 5.56 Å². The number of aromatic nitrogens is 1. The fraction of sp³-hybridized carbons (Fsp3) is 0.357. The van der Waals surface area contributed by atoms with Crippen molar-refractivity contribution in [2.45, 2.75) is 19.0 Å². The van der Waals surface area contributed by atoms with Gasteiger partial charge in [0, 0.05) is 36.6 Å². The summed E-state index contributed by atoms with van der Waals surface area (Å²) in [5.41, 5.74) is 8.28. The van der Waals surface area contributed by atoms with Crippen molar-refractivity contribution >= 4 is 11.3 Å². The van der Waals surface area contributed by atoms with Crippen molar-refractivity contribution < 1.29 is 0 Å². The molecule has 2 aromatic rings. The summed E-state index contributed by atoms with van der Waals surface area (Å²) in [6.07, 6.45) is 1.11. The summed E-state index contributed by atoms with van der Waals surface area (Å²) in [7, 11) is 0. The standard InChI is InChI=1S/C14H17N3S/c15-12-6-7-17(8-12)9-13-10-18-14(16-13)11-4-2-1-3-5-11/h1-5,10,12H,6-9,15H2/t12-/m0/s1. The summed E-state index contributed by atoms with van der Waals surface area (Å²) >= 11 is 1.72. The molecule has 0 bridgehead atoms. The van der Waals surface area contributed by atoms with Crippen LogP contribution in [-0.2, 0) is 6.54 Å². The van der Waals surface area contributed by atoms with Crippen molar-refractivity contribution in [1.82, 2.24) is 9.88 Å². The average molecular weight is 259 g/mol. The molecule has 3 rings (SSSR count). The highest BCUT2D eigenvalue weighted by Crippen LogP contribution is 2.24. The first-order valence-electron chi connectivity index (χ1n) is 6.29. The van der Waals surface area contributed by atoms with E-state index in [-0.39, 0.29) is 0 Å². The van der Waals surface area contributed by atoms with Crippen LogP contribution in [0.2, 0.25) is 0 Å². The molecule has 0 radical (unpaired) electrons. The summed E-state index contributed by atoms with van der Waals surface area (Å²) in [6.45, 7) is 3.02. The van der Waals surface area contributed by atoms with E-state index in [4.69, 9.17) is 10.7 Å². The lowest BCUT2D eigenvalue weighted by molar-refractivity contribution is 0.323. The topological polar surface area (TPSA) is 42.1 Å². The first kappa shape index (κ1) is 11.8. The van der Waals surface area contributed by atoms with Crippen LogP contribution >= 0.6 is 11.3 Å². The van der Waals surface area contributed by atoms with Crippen molar-refractivity contribution in [1.29, 1.82) is 0 Å². The van der Waals surface area contributed by atoms with Gasteiger partial charge in [0.1, 0.15) is 5.01 Å². The number of benzene rings is 1. The minimum Gasteiger partial charge on any atom is -0.326 e. The van der Waals surface area contributed by atoms with E-state index < -0.39 is 0 Å². The molecule has 3 nitrogen and oxygen atoms in total. The van der Waals surface area contributed by atoms with Gasteiger partial charge in [-0.25, -0.2) is 4.98 Å². The number of nitrogens with zero attached hydrogens (tertiary/aromatic N) is 2. The van der Waals surface area contributed by atoms with Gasteiger partial charge in [-0.3, -0.25) is 4.90 Å². The molecule has 0 aliphatic carbocycles. The summed E-state index contributed by atoms with van der Waals surface area (Å²) in [6, 6.07) is 10.7. The van der Waals surface area contributed by atoms with Gasteiger partial charge in [-0.05, 0) is 6.42 Å². The van der Waals surface area contributed by atoms with Crippen molar-refractivity contribution in [3.05, 3.63) is 41.4 Å². The monoisotopic (exact) mass is 259 g/mol. The van der Waals surface area contributed by atoms with Crippen LogP contribution in [0.25, 0.3) is 10.6 Å². The Morgan fingerprint density at radius 1 is 1.33 bits per heavy atom. The predicted octanol–water partition coefficient (Wildman–Crippen LogP) is 2.34. The molecule has 18 heavy (non-hydrogen) atoms. The van der Waals surface area contributed by atoms with Crippen LogP contribution in [0.1, 0.15) is 12.1 Å². The Morgan fingerprint density at radius 2 is 2.17 bits per heavy atom. The van der Waals surface area contributed by atoms with Crippen molar-refractivity contribution in [3.63, 3.8) is 0 Å². The van der Waals surface area contributed by atoms with Crippen LogP contribution in [0.4, 0.5) is 0 Å². The van der Waals surface area contributed by atoms with Crippen LogP contribution in [0.5, 0.6) is 0 Å². The molecule has 0 spiro atoms. The van der Waals surface area contributed by atoms with Gasteiger partial charge in [0.05, 0.1) is 5.69 Å². The Hall–Kier alpha value is -1.23. The summed E-state index contributed by atoms with van der Waals surface area (Å²) in [5.74, 6) is 0. The van der Waals surface area contributed by atoms with E-state index >= 15 is 0 Å². The summed E-state index contributed by atoms with van der Waals surface area (Å²) in [4.78, 5) is 7.09. The number of thiazole rings is 1. The number of hydrogen-bond donors (Lipinski definition) is 1. The Kier molecular flexibility index (Phi) is 3.41. The number of rotatable bonds is 3. The van der Waals surface area contributed by atoms with Crippen LogP contribution in [-0.4, -0.2) is 29.0 Å². The highest BCUT2D eigenvalue weighted by atomic mass is 32.1. The molecular formula is C14H17N3S. The van der Waals surface area contributed by atoms with E-state index in [0.29, 0.717) is 6.04 Å². The molecule has 1 aromatic heterocycles. The minimum absolute atomic E-state index is 0.345. The maximum atomic E-state index is 5.92. The van der Waals surface area contributed by atoms with Gasteiger partial charge in [-0.1, -0.05) is 30.3 Å². The van der Waals surface area contributed by atoms with Gasteiger partial charge in [-0.15, -0.1) is 11.3 Å². The second-order valence-electron chi connectivity index (χ2n) is 4.79. The maximum Gasteiger partial charge on any atom is 0.123 e. The molecule has 94 valence electrons. The lowest BCUT2D eigenvalue weighted by Crippen LogP contribution is -2.26. The highest BCUT2D eigenvalue weighted by molar-refractivity contribution is 7.13. The second-order valence-corrected chi connectivity index (χ2v) is 5.65. The minimum atomic E-state index is 0.345. The zero-order valence-corrected chi connectivity index (χ0v) is 11.1. The van der Waals surface area contributed by atoms with E-state index in [1.54, 1.807) is 11.3 Å². The molecule has 2 N–H and O–H groups in total. The second kappa shape index (κ2) is 5.18. The van der Waals surface area contributed by atoms with Crippen LogP contribution in [0.15, 0.2) is 35.7 Å². The zero-order valence-electron chi connectivity index (χ0n) is 10.2. The first-order valence-corrected chi connectivity index (χ1v) is 7.17.